The highest BCUT2D eigenvalue weighted by Gasteiger charge is 2.18. The van der Waals surface area contributed by atoms with Crippen LogP contribution in [0, 0.1) is 23.3 Å². The van der Waals surface area contributed by atoms with Crippen LogP contribution in [0.3, 0.4) is 0 Å². The minimum atomic E-state index is -1.29. The molecule has 2 nitrogen and oxygen atoms in total. The maximum atomic E-state index is 13.9. The van der Waals surface area contributed by atoms with Crippen molar-refractivity contribution < 1.29 is 17.6 Å². The van der Waals surface area contributed by atoms with Crippen molar-refractivity contribution in [3.63, 3.8) is 0 Å². The maximum Gasteiger partial charge on any atom is 0.161 e. The van der Waals surface area contributed by atoms with Crippen LogP contribution in [0.2, 0.25) is 0 Å². The molecule has 0 N–H and O–H groups in total. The summed E-state index contributed by atoms with van der Waals surface area (Å²) in [5.74, 6) is -3.88. The smallest absolute Gasteiger partial charge is 0.161 e. The first-order valence-electron chi connectivity index (χ1n) is 5.89. The van der Waals surface area contributed by atoms with Crippen molar-refractivity contribution >= 4 is 22.6 Å². The molecule has 0 aliphatic rings. The second-order valence-electron chi connectivity index (χ2n) is 4.35. The molecule has 0 amide bonds. The van der Waals surface area contributed by atoms with E-state index in [1.54, 1.807) is 0 Å². The van der Waals surface area contributed by atoms with E-state index in [2.05, 4.69) is 4.98 Å². The van der Waals surface area contributed by atoms with E-state index in [4.69, 9.17) is 11.6 Å². The van der Waals surface area contributed by atoms with Crippen LogP contribution < -0.4 is 0 Å². The Morgan fingerprint density at radius 1 is 0.952 bits per heavy atom. The minimum absolute atomic E-state index is 0.102. The standard InChI is InChI=1S/C14H7ClF4N2/c15-6-14-20-11-3-7(16)1-2-12(11)21(14)13-5-9(18)8(17)4-10(13)19/h1-5H,6H2. The average molecular weight is 315 g/mol. The largest absolute Gasteiger partial charge is 0.292 e. The van der Waals surface area contributed by atoms with Crippen molar-refractivity contribution in [3.05, 3.63) is 59.4 Å². The number of alkyl halides is 1. The monoisotopic (exact) mass is 314 g/mol. The minimum Gasteiger partial charge on any atom is -0.292 e. The Bertz CT molecular complexity index is 845. The molecular weight excluding hydrogens is 308 g/mol. The number of imidazole rings is 1. The number of fused-ring (bicyclic) bond motifs is 1. The van der Waals surface area contributed by atoms with Crippen LogP contribution in [-0.2, 0) is 5.88 Å². The molecule has 21 heavy (non-hydrogen) atoms. The van der Waals surface area contributed by atoms with Gasteiger partial charge in [0.25, 0.3) is 0 Å². The third kappa shape index (κ3) is 2.25. The van der Waals surface area contributed by atoms with Gasteiger partial charge in [0.1, 0.15) is 17.5 Å². The van der Waals surface area contributed by atoms with E-state index in [1.165, 1.54) is 10.6 Å². The van der Waals surface area contributed by atoms with Crippen molar-refractivity contribution in [2.75, 3.05) is 0 Å². The highest BCUT2D eigenvalue weighted by atomic mass is 35.5. The molecule has 0 aliphatic heterocycles. The second kappa shape index (κ2) is 5.04. The summed E-state index contributed by atoms with van der Waals surface area (Å²) < 4.78 is 54.8. The van der Waals surface area contributed by atoms with Gasteiger partial charge in [0.05, 0.1) is 22.6 Å². The fourth-order valence-electron chi connectivity index (χ4n) is 2.15. The van der Waals surface area contributed by atoms with Crippen LogP contribution in [0.5, 0.6) is 0 Å². The summed E-state index contributed by atoms with van der Waals surface area (Å²) in [5, 5.41) is 0. The molecule has 0 fully saturated rings. The molecule has 0 aliphatic carbocycles. The van der Waals surface area contributed by atoms with Crippen LogP contribution in [0.15, 0.2) is 30.3 Å². The molecule has 0 bridgehead atoms. The SMILES string of the molecule is Fc1ccc2c(c1)nc(CCl)n2-c1cc(F)c(F)cc1F. The molecule has 0 atom stereocenters. The van der Waals surface area contributed by atoms with Gasteiger partial charge in [0, 0.05) is 18.2 Å². The van der Waals surface area contributed by atoms with Crippen molar-refractivity contribution in [3.8, 4) is 5.69 Å². The van der Waals surface area contributed by atoms with E-state index in [-0.39, 0.29) is 22.9 Å². The van der Waals surface area contributed by atoms with Crippen molar-refractivity contribution in [2.45, 2.75) is 5.88 Å². The Morgan fingerprint density at radius 3 is 2.38 bits per heavy atom. The molecule has 3 aromatic rings. The van der Waals surface area contributed by atoms with Gasteiger partial charge in [-0.2, -0.15) is 0 Å². The average Bonchev–Trinajstić information content (AvgIpc) is 2.80. The van der Waals surface area contributed by atoms with Crippen LogP contribution in [0.4, 0.5) is 17.6 Å². The lowest BCUT2D eigenvalue weighted by atomic mass is 10.2. The van der Waals surface area contributed by atoms with Gasteiger partial charge in [-0.25, -0.2) is 22.5 Å². The summed E-state index contributed by atoms with van der Waals surface area (Å²) in [6.45, 7) is 0. The molecule has 1 aromatic heterocycles. The number of aromatic nitrogens is 2. The highest BCUT2D eigenvalue weighted by molar-refractivity contribution is 6.17. The lowest BCUT2D eigenvalue weighted by Crippen LogP contribution is -2.04. The predicted molar refractivity (Wildman–Crippen MR) is 70.5 cm³/mol. The summed E-state index contributed by atoms with van der Waals surface area (Å²) in [7, 11) is 0. The number of benzene rings is 2. The zero-order valence-electron chi connectivity index (χ0n) is 10.4. The molecule has 108 valence electrons. The van der Waals surface area contributed by atoms with E-state index < -0.39 is 23.3 Å². The first-order chi connectivity index (χ1) is 10.0. The predicted octanol–water partition coefficient (Wildman–Crippen LogP) is 4.32. The molecule has 0 radical (unpaired) electrons. The molecular formula is C14H7ClF4N2. The van der Waals surface area contributed by atoms with Crippen molar-refractivity contribution in [1.82, 2.24) is 9.55 Å². The topological polar surface area (TPSA) is 17.8 Å². The van der Waals surface area contributed by atoms with Gasteiger partial charge < -0.3 is 0 Å². The van der Waals surface area contributed by atoms with Gasteiger partial charge in [-0.05, 0) is 12.1 Å². The molecule has 1 heterocycles. The van der Waals surface area contributed by atoms with Gasteiger partial charge in [0.15, 0.2) is 11.6 Å². The van der Waals surface area contributed by atoms with E-state index in [0.29, 0.717) is 17.6 Å². The summed E-state index contributed by atoms with van der Waals surface area (Å²) in [6.07, 6.45) is 0. The van der Waals surface area contributed by atoms with Gasteiger partial charge in [0.2, 0.25) is 0 Å². The maximum absolute atomic E-state index is 13.9. The first kappa shape index (κ1) is 13.9. The number of hydrogen-bond donors (Lipinski definition) is 0. The lowest BCUT2D eigenvalue weighted by molar-refractivity contribution is 0.493. The van der Waals surface area contributed by atoms with E-state index in [1.807, 2.05) is 0 Å². The van der Waals surface area contributed by atoms with Crippen molar-refractivity contribution in [2.24, 2.45) is 0 Å². The van der Waals surface area contributed by atoms with Gasteiger partial charge >= 0.3 is 0 Å². The zero-order chi connectivity index (χ0) is 15.1. The Morgan fingerprint density at radius 2 is 1.67 bits per heavy atom. The number of hydrogen-bond acceptors (Lipinski definition) is 1. The van der Waals surface area contributed by atoms with Crippen molar-refractivity contribution in [1.29, 1.82) is 0 Å². The molecule has 3 rings (SSSR count). The van der Waals surface area contributed by atoms with Crippen LogP contribution in [0.1, 0.15) is 5.82 Å². The quantitative estimate of drug-likeness (QED) is 0.391. The summed E-state index contributed by atoms with van der Waals surface area (Å²) in [4.78, 5) is 4.07. The van der Waals surface area contributed by atoms with Gasteiger partial charge in [-0.1, -0.05) is 0 Å². The van der Waals surface area contributed by atoms with Crippen LogP contribution in [-0.4, -0.2) is 9.55 Å². The van der Waals surface area contributed by atoms with E-state index in [9.17, 15) is 17.6 Å². The summed E-state index contributed by atoms with van der Waals surface area (Å²) in [5.41, 5.74) is 0.352. The van der Waals surface area contributed by atoms with E-state index in [0.717, 1.165) is 12.1 Å². The molecule has 2 aromatic carbocycles. The van der Waals surface area contributed by atoms with Gasteiger partial charge in [-0.15, -0.1) is 11.6 Å². The number of rotatable bonds is 2. The fraction of sp³-hybridized carbons (Fsp3) is 0.0714. The fourth-order valence-corrected chi connectivity index (χ4v) is 2.32. The van der Waals surface area contributed by atoms with Crippen LogP contribution in [0.25, 0.3) is 16.7 Å². The molecule has 0 saturated carbocycles. The number of nitrogens with zero attached hydrogens (tertiary/aromatic N) is 2. The molecule has 0 saturated heterocycles. The number of halogens is 5. The molecule has 7 heteroatoms. The Hall–Kier alpha value is -2.08. The Kier molecular flexibility index (Phi) is 3.33. The Labute approximate surface area is 121 Å². The lowest BCUT2D eigenvalue weighted by Gasteiger charge is -2.09. The van der Waals surface area contributed by atoms with Crippen LogP contribution >= 0.6 is 11.6 Å². The second-order valence-corrected chi connectivity index (χ2v) is 4.62. The molecule has 0 unspecified atom stereocenters. The highest BCUT2D eigenvalue weighted by Crippen LogP contribution is 2.26. The van der Waals surface area contributed by atoms with Gasteiger partial charge in [-0.3, -0.25) is 4.57 Å². The van der Waals surface area contributed by atoms with E-state index >= 15 is 0 Å². The first-order valence-corrected chi connectivity index (χ1v) is 6.42. The third-order valence-electron chi connectivity index (χ3n) is 3.04. The Balaban J connectivity index is 2.36. The molecule has 0 spiro atoms. The normalized spacial score (nSPS) is 11.3. The third-order valence-corrected chi connectivity index (χ3v) is 3.28. The zero-order valence-corrected chi connectivity index (χ0v) is 11.1. The summed E-state index contributed by atoms with van der Waals surface area (Å²) >= 11 is 5.75. The summed E-state index contributed by atoms with van der Waals surface area (Å²) in [6, 6.07) is 4.84.